The van der Waals surface area contributed by atoms with Crippen molar-refractivity contribution in [3.63, 3.8) is 0 Å². The Bertz CT molecular complexity index is 1110. The molecule has 2 saturated heterocycles. The van der Waals surface area contributed by atoms with Gasteiger partial charge in [-0.25, -0.2) is 9.97 Å². The zero-order chi connectivity index (χ0) is 21.0. The van der Waals surface area contributed by atoms with Crippen LogP contribution >= 0.6 is 23.2 Å². The Morgan fingerprint density at radius 3 is 2.43 bits per heavy atom. The lowest BCUT2D eigenvalue weighted by atomic mass is 9.80. The van der Waals surface area contributed by atoms with E-state index in [-0.39, 0.29) is 0 Å². The standard InChI is InChI=1S/C22H22Cl2N4O2/c1-28-10-13-7-15(28)21(13)27-22-25-9-12-6-11(4-5-14(12)26-22)18-19(23)16(29-2)8-17(30-3)20(18)24/h4-6,8-9,13,15,21H,7,10H2,1-3H3,(H,25,26,27)/t13-,15-,21+/m0/s1. The molecule has 1 aliphatic carbocycles. The van der Waals surface area contributed by atoms with E-state index in [9.17, 15) is 0 Å². The SMILES string of the molecule is COc1cc(OC)c(Cl)c(-c2ccc3nc(N[C@@H]4[C@H]5C[C@@H]4N(C)C5)ncc3c2)c1Cl. The van der Waals surface area contributed by atoms with Gasteiger partial charge in [0.1, 0.15) is 11.5 Å². The van der Waals surface area contributed by atoms with E-state index in [0.29, 0.717) is 51.1 Å². The van der Waals surface area contributed by atoms with Crippen molar-refractivity contribution >= 4 is 40.1 Å². The van der Waals surface area contributed by atoms with Gasteiger partial charge in [0.2, 0.25) is 5.95 Å². The van der Waals surface area contributed by atoms with Gasteiger partial charge in [-0.2, -0.15) is 0 Å². The minimum absolute atomic E-state index is 0.437. The average Bonchev–Trinajstić information content (AvgIpc) is 3.28. The number of hydrogen-bond donors (Lipinski definition) is 1. The molecule has 3 heterocycles. The van der Waals surface area contributed by atoms with E-state index >= 15 is 0 Å². The first-order chi connectivity index (χ1) is 14.5. The molecule has 0 amide bonds. The minimum atomic E-state index is 0.437. The van der Waals surface area contributed by atoms with Gasteiger partial charge < -0.3 is 19.7 Å². The topological polar surface area (TPSA) is 59.5 Å². The summed E-state index contributed by atoms with van der Waals surface area (Å²) in [5.41, 5.74) is 2.36. The van der Waals surface area contributed by atoms with Crippen LogP contribution in [0.25, 0.3) is 22.0 Å². The molecule has 3 aromatic rings. The normalized spacial score (nSPS) is 22.8. The fourth-order valence-corrected chi connectivity index (χ4v) is 5.35. The molecule has 0 spiro atoms. The van der Waals surface area contributed by atoms with Crippen LogP contribution < -0.4 is 14.8 Å². The predicted molar refractivity (Wildman–Crippen MR) is 120 cm³/mol. The third-order valence-corrected chi connectivity index (χ3v) is 7.04. The molecule has 156 valence electrons. The number of methoxy groups -OCH3 is 2. The highest BCUT2D eigenvalue weighted by molar-refractivity contribution is 6.41. The first-order valence-corrected chi connectivity index (χ1v) is 10.6. The summed E-state index contributed by atoms with van der Waals surface area (Å²) in [6.07, 6.45) is 3.09. The van der Waals surface area contributed by atoms with Crippen molar-refractivity contribution in [3.8, 4) is 22.6 Å². The molecular weight excluding hydrogens is 423 g/mol. The molecular formula is C22H22Cl2N4O2. The molecule has 2 aliphatic heterocycles. The number of benzene rings is 2. The van der Waals surface area contributed by atoms with Crippen LogP contribution in [0.15, 0.2) is 30.5 Å². The van der Waals surface area contributed by atoms with E-state index in [1.54, 1.807) is 20.3 Å². The Kier molecular flexibility index (Phi) is 4.88. The van der Waals surface area contributed by atoms with Crippen molar-refractivity contribution in [2.75, 3.05) is 33.1 Å². The Balaban J connectivity index is 1.49. The molecule has 1 N–H and O–H groups in total. The average molecular weight is 445 g/mol. The number of hydrogen-bond acceptors (Lipinski definition) is 6. The minimum Gasteiger partial charge on any atom is -0.495 e. The predicted octanol–water partition coefficient (Wildman–Crippen LogP) is 4.74. The van der Waals surface area contributed by atoms with Crippen molar-refractivity contribution in [2.24, 2.45) is 5.92 Å². The van der Waals surface area contributed by atoms with Crippen molar-refractivity contribution in [1.29, 1.82) is 0 Å². The Morgan fingerprint density at radius 1 is 1.10 bits per heavy atom. The maximum atomic E-state index is 6.57. The van der Waals surface area contributed by atoms with E-state index in [1.165, 1.54) is 6.42 Å². The smallest absolute Gasteiger partial charge is 0.223 e. The molecule has 3 aliphatic rings. The Hall–Kier alpha value is -2.28. The second kappa shape index (κ2) is 7.45. The zero-order valence-electron chi connectivity index (χ0n) is 16.9. The summed E-state index contributed by atoms with van der Waals surface area (Å²) in [4.78, 5) is 11.7. The summed E-state index contributed by atoms with van der Waals surface area (Å²) in [5.74, 6) is 2.37. The van der Waals surface area contributed by atoms with Crippen molar-refractivity contribution in [3.05, 3.63) is 40.5 Å². The largest absolute Gasteiger partial charge is 0.495 e. The van der Waals surface area contributed by atoms with Gasteiger partial charge in [-0.3, -0.25) is 0 Å². The van der Waals surface area contributed by atoms with Gasteiger partial charge in [0.05, 0.1) is 29.8 Å². The summed E-state index contributed by atoms with van der Waals surface area (Å²) in [6.45, 7) is 1.14. The molecule has 8 heteroatoms. The van der Waals surface area contributed by atoms with Gasteiger partial charge in [0, 0.05) is 41.8 Å². The first-order valence-electron chi connectivity index (χ1n) is 9.84. The monoisotopic (exact) mass is 444 g/mol. The van der Waals surface area contributed by atoms with Crippen molar-refractivity contribution < 1.29 is 9.47 Å². The van der Waals surface area contributed by atoms with Crippen LogP contribution in [0.2, 0.25) is 10.0 Å². The molecule has 2 bridgehead atoms. The Morgan fingerprint density at radius 2 is 1.83 bits per heavy atom. The molecule has 0 radical (unpaired) electrons. The van der Waals surface area contributed by atoms with Crippen molar-refractivity contribution in [2.45, 2.75) is 18.5 Å². The highest BCUT2D eigenvalue weighted by Crippen LogP contribution is 2.46. The highest BCUT2D eigenvalue weighted by atomic mass is 35.5. The van der Waals surface area contributed by atoms with E-state index < -0.39 is 0 Å². The maximum absolute atomic E-state index is 6.57. The van der Waals surface area contributed by atoms with Gasteiger partial charge >= 0.3 is 0 Å². The van der Waals surface area contributed by atoms with Crippen LogP contribution in [-0.2, 0) is 0 Å². The summed E-state index contributed by atoms with van der Waals surface area (Å²) < 4.78 is 10.8. The zero-order valence-corrected chi connectivity index (χ0v) is 18.5. The second-order valence-corrected chi connectivity index (χ2v) is 8.68. The van der Waals surface area contributed by atoms with Crippen LogP contribution in [-0.4, -0.2) is 54.8 Å². The third kappa shape index (κ3) is 3.06. The number of anilines is 1. The van der Waals surface area contributed by atoms with Gasteiger partial charge in [0.15, 0.2) is 0 Å². The maximum Gasteiger partial charge on any atom is 0.223 e. The van der Waals surface area contributed by atoms with Crippen molar-refractivity contribution in [1.82, 2.24) is 14.9 Å². The number of nitrogens with zero attached hydrogens (tertiary/aromatic N) is 3. The van der Waals surface area contributed by atoms with E-state index in [1.807, 2.05) is 24.4 Å². The summed E-state index contributed by atoms with van der Waals surface area (Å²) in [6, 6.07) is 8.59. The molecule has 30 heavy (non-hydrogen) atoms. The second-order valence-electron chi connectivity index (χ2n) is 7.92. The number of rotatable bonds is 5. The fourth-order valence-electron chi connectivity index (χ4n) is 4.63. The number of halogens is 2. The first kappa shape index (κ1) is 19.7. The Labute approximate surface area is 185 Å². The lowest BCUT2D eigenvalue weighted by Crippen LogP contribution is -2.48. The fraction of sp³-hybridized carbons (Fsp3) is 0.364. The van der Waals surface area contributed by atoms with E-state index in [2.05, 4.69) is 22.2 Å². The number of ether oxygens (including phenoxy) is 2. The van der Waals surface area contributed by atoms with Crippen LogP contribution in [0.1, 0.15) is 6.42 Å². The molecule has 3 atom stereocenters. The van der Waals surface area contributed by atoms with Gasteiger partial charge in [-0.1, -0.05) is 29.3 Å². The molecule has 2 aromatic carbocycles. The number of aromatic nitrogens is 2. The van der Waals surface area contributed by atoms with Gasteiger partial charge in [-0.15, -0.1) is 0 Å². The number of fused-ring (bicyclic) bond motifs is 2. The lowest BCUT2D eigenvalue weighted by Gasteiger charge is -2.36. The molecule has 1 aromatic heterocycles. The number of nitrogens with one attached hydrogen (secondary N) is 1. The van der Waals surface area contributed by atoms with Gasteiger partial charge in [0.25, 0.3) is 0 Å². The molecule has 6 rings (SSSR count). The van der Waals surface area contributed by atoms with Gasteiger partial charge in [-0.05, 0) is 37.1 Å². The van der Waals surface area contributed by atoms with E-state index in [0.717, 1.165) is 23.0 Å². The summed E-state index contributed by atoms with van der Waals surface area (Å²) in [7, 11) is 5.30. The lowest BCUT2D eigenvalue weighted by molar-refractivity contribution is 0.255. The molecule has 1 saturated carbocycles. The highest BCUT2D eigenvalue weighted by Gasteiger charge is 2.50. The molecule has 3 fully saturated rings. The third-order valence-electron chi connectivity index (χ3n) is 6.29. The number of likely N-dealkylation sites (N-methyl/N-ethyl adjacent to an activating group) is 1. The summed E-state index contributed by atoms with van der Waals surface area (Å²) >= 11 is 13.1. The van der Waals surface area contributed by atoms with Crippen LogP contribution in [0.3, 0.4) is 0 Å². The van der Waals surface area contributed by atoms with Crippen LogP contribution in [0.5, 0.6) is 11.5 Å². The van der Waals surface area contributed by atoms with Crippen LogP contribution in [0.4, 0.5) is 5.95 Å². The molecule has 6 nitrogen and oxygen atoms in total. The summed E-state index contributed by atoms with van der Waals surface area (Å²) in [5, 5.41) is 5.29. The van der Waals surface area contributed by atoms with Crippen LogP contribution in [0, 0.1) is 5.92 Å². The quantitative estimate of drug-likeness (QED) is 0.613. The van der Waals surface area contributed by atoms with E-state index in [4.69, 9.17) is 37.7 Å². The molecule has 0 unspecified atom stereocenters.